The molecule has 2 N–H and O–H groups in total. The molecule has 1 atom stereocenters. The Labute approximate surface area is 109 Å². The van der Waals surface area contributed by atoms with Crippen LogP contribution < -0.4 is 5.73 Å². The van der Waals surface area contributed by atoms with Crippen molar-refractivity contribution in [3.05, 3.63) is 65.0 Å². The lowest BCUT2D eigenvalue weighted by Gasteiger charge is -2.27. The van der Waals surface area contributed by atoms with E-state index in [0.717, 1.165) is 17.5 Å². The number of aryl methyl sites for hydroxylation is 2. The number of pyridine rings is 1. The second-order valence-electron chi connectivity index (χ2n) is 4.94. The molecule has 1 aromatic carbocycles. The largest absolute Gasteiger partial charge is 0.318 e. The first kappa shape index (κ1) is 12.8. The van der Waals surface area contributed by atoms with Crippen molar-refractivity contribution in [2.75, 3.05) is 0 Å². The standard InChI is InChI=1S/C16H20N2/c1-4-13-5-7-14(8-6-13)16(3,17)15-11-18-10-9-12(15)2/h5-11H,4,17H2,1-3H3. The first-order valence-corrected chi connectivity index (χ1v) is 6.35. The van der Waals surface area contributed by atoms with Crippen molar-refractivity contribution in [3.8, 4) is 0 Å². The third-order valence-electron chi connectivity index (χ3n) is 3.56. The predicted molar refractivity (Wildman–Crippen MR) is 75.4 cm³/mol. The summed E-state index contributed by atoms with van der Waals surface area (Å²) in [6.45, 7) is 6.27. The number of hydrogen-bond acceptors (Lipinski definition) is 2. The zero-order valence-corrected chi connectivity index (χ0v) is 11.3. The van der Waals surface area contributed by atoms with Gasteiger partial charge in [-0.3, -0.25) is 4.98 Å². The molecule has 2 aromatic rings. The molecule has 0 aliphatic carbocycles. The van der Waals surface area contributed by atoms with E-state index in [0.29, 0.717) is 0 Å². The molecule has 0 amide bonds. The average Bonchev–Trinajstić information content (AvgIpc) is 2.39. The minimum absolute atomic E-state index is 0.495. The second kappa shape index (κ2) is 4.91. The monoisotopic (exact) mass is 240 g/mol. The van der Waals surface area contributed by atoms with Gasteiger partial charge in [-0.05, 0) is 48.6 Å². The lowest BCUT2D eigenvalue weighted by atomic mass is 9.84. The van der Waals surface area contributed by atoms with Crippen LogP contribution in [0.3, 0.4) is 0 Å². The topological polar surface area (TPSA) is 38.9 Å². The van der Waals surface area contributed by atoms with Crippen LogP contribution in [0.15, 0.2) is 42.7 Å². The summed E-state index contributed by atoms with van der Waals surface area (Å²) in [5.74, 6) is 0. The number of hydrogen-bond donors (Lipinski definition) is 1. The fourth-order valence-corrected chi connectivity index (χ4v) is 2.25. The molecule has 18 heavy (non-hydrogen) atoms. The first-order chi connectivity index (χ1) is 8.55. The molecule has 0 aliphatic rings. The maximum absolute atomic E-state index is 6.51. The van der Waals surface area contributed by atoms with Crippen LogP contribution in [0.2, 0.25) is 0 Å². The van der Waals surface area contributed by atoms with Crippen LogP contribution in [-0.4, -0.2) is 4.98 Å². The molecule has 0 radical (unpaired) electrons. The van der Waals surface area contributed by atoms with Crippen molar-refractivity contribution in [2.24, 2.45) is 5.73 Å². The average molecular weight is 240 g/mol. The summed E-state index contributed by atoms with van der Waals surface area (Å²) in [7, 11) is 0. The minimum atomic E-state index is -0.495. The second-order valence-corrected chi connectivity index (χ2v) is 4.94. The fourth-order valence-electron chi connectivity index (χ4n) is 2.25. The molecule has 0 spiro atoms. The van der Waals surface area contributed by atoms with Crippen LogP contribution in [0.25, 0.3) is 0 Å². The highest BCUT2D eigenvalue weighted by atomic mass is 14.7. The SMILES string of the molecule is CCc1ccc(C(C)(N)c2cnccc2C)cc1. The van der Waals surface area contributed by atoms with Gasteiger partial charge >= 0.3 is 0 Å². The number of benzene rings is 1. The van der Waals surface area contributed by atoms with Crippen molar-refractivity contribution in [3.63, 3.8) is 0 Å². The van der Waals surface area contributed by atoms with Gasteiger partial charge in [0, 0.05) is 12.4 Å². The van der Waals surface area contributed by atoms with Crippen molar-refractivity contribution in [2.45, 2.75) is 32.7 Å². The fraction of sp³-hybridized carbons (Fsp3) is 0.312. The predicted octanol–water partition coefficient (Wildman–Crippen LogP) is 3.17. The molecule has 0 bridgehead atoms. The van der Waals surface area contributed by atoms with Gasteiger partial charge in [-0.15, -0.1) is 0 Å². The maximum atomic E-state index is 6.51. The first-order valence-electron chi connectivity index (χ1n) is 6.35. The highest BCUT2D eigenvalue weighted by Gasteiger charge is 2.25. The molecule has 2 rings (SSSR count). The van der Waals surface area contributed by atoms with Crippen LogP contribution in [0.5, 0.6) is 0 Å². The number of rotatable bonds is 3. The van der Waals surface area contributed by atoms with E-state index in [1.165, 1.54) is 11.1 Å². The third-order valence-corrected chi connectivity index (χ3v) is 3.56. The molecule has 0 aliphatic heterocycles. The van der Waals surface area contributed by atoms with E-state index in [2.05, 4.69) is 43.1 Å². The third kappa shape index (κ3) is 2.29. The summed E-state index contributed by atoms with van der Waals surface area (Å²) in [6, 6.07) is 10.5. The van der Waals surface area contributed by atoms with Gasteiger partial charge in [-0.25, -0.2) is 0 Å². The number of nitrogens with two attached hydrogens (primary N) is 1. The zero-order chi connectivity index (χ0) is 13.2. The van der Waals surface area contributed by atoms with E-state index < -0.39 is 5.54 Å². The van der Waals surface area contributed by atoms with Crippen LogP contribution in [0.1, 0.15) is 36.1 Å². The molecule has 94 valence electrons. The van der Waals surface area contributed by atoms with Crippen LogP contribution in [-0.2, 0) is 12.0 Å². The zero-order valence-electron chi connectivity index (χ0n) is 11.3. The van der Waals surface area contributed by atoms with E-state index >= 15 is 0 Å². The van der Waals surface area contributed by atoms with Crippen molar-refractivity contribution in [1.29, 1.82) is 0 Å². The van der Waals surface area contributed by atoms with Gasteiger partial charge < -0.3 is 5.73 Å². The quantitative estimate of drug-likeness (QED) is 0.895. The molecular formula is C16H20N2. The molecule has 2 heteroatoms. The lowest BCUT2D eigenvalue weighted by molar-refractivity contribution is 0.595. The van der Waals surface area contributed by atoms with Gasteiger partial charge in [0.15, 0.2) is 0 Å². The van der Waals surface area contributed by atoms with E-state index in [1.54, 1.807) is 6.20 Å². The van der Waals surface area contributed by atoms with Gasteiger partial charge in [0.2, 0.25) is 0 Å². The van der Waals surface area contributed by atoms with Gasteiger partial charge in [0.05, 0.1) is 5.54 Å². The Kier molecular flexibility index (Phi) is 3.48. The lowest BCUT2D eigenvalue weighted by Crippen LogP contribution is -2.35. The molecule has 0 fully saturated rings. The highest BCUT2D eigenvalue weighted by molar-refractivity contribution is 5.40. The van der Waals surface area contributed by atoms with Gasteiger partial charge in [-0.2, -0.15) is 0 Å². The van der Waals surface area contributed by atoms with Crippen molar-refractivity contribution in [1.82, 2.24) is 4.98 Å². The van der Waals surface area contributed by atoms with Gasteiger partial charge in [0.25, 0.3) is 0 Å². The summed E-state index contributed by atoms with van der Waals surface area (Å²) < 4.78 is 0. The number of aromatic nitrogens is 1. The highest BCUT2D eigenvalue weighted by Crippen LogP contribution is 2.28. The molecule has 1 heterocycles. The van der Waals surface area contributed by atoms with E-state index in [1.807, 2.05) is 19.2 Å². The van der Waals surface area contributed by atoms with E-state index in [4.69, 9.17) is 5.73 Å². The normalized spacial score (nSPS) is 14.2. The smallest absolute Gasteiger partial charge is 0.0654 e. The Morgan fingerprint density at radius 3 is 2.39 bits per heavy atom. The number of nitrogens with zero attached hydrogens (tertiary/aromatic N) is 1. The van der Waals surface area contributed by atoms with Gasteiger partial charge in [0.1, 0.15) is 0 Å². The Morgan fingerprint density at radius 1 is 1.17 bits per heavy atom. The minimum Gasteiger partial charge on any atom is -0.318 e. The Hall–Kier alpha value is -1.67. The van der Waals surface area contributed by atoms with Gasteiger partial charge in [-0.1, -0.05) is 31.2 Å². The maximum Gasteiger partial charge on any atom is 0.0654 e. The van der Waals surface area contributed by atoms with Crippen LogP contribution in [0, 0.1) is 6.92 Å². The van der Waals surface area contributed by atoms with E-state index in [9.17, 15) is 0 Å². The summed E-state index contributed by atoms with van der Waals surface area (Å²) >= 11 is 0. The Morgan fingerprint density at radius 2 is 1.83 bits per heavy atom. The van der Waals surface area contributed by atoms with E-state index in [-0.39, 0.29) is 0 Å². The van der Waals surface area contributed by atoms with Crippen molar-refractivity contribution < 1.29 is 0 Å². The molecular weight excluding hydrogens is 220 g/mol. The molecule has 1 aromatic heterocycles. The van der Waals surface area contributed by atoms with Crippen LogP contribution >= 0.6 is 0 Å². The summed E-state index contributed by atoms with van der Waals surface area (Å²) in [5.41, 5.74) is 10.7. The molecule has 0 saturated heterocycles. The summed E-state index contributed by atoms with van der Waals surface area (Å²) in [6.07, 6.45) is 4.71. The molecule has 0 saturated carbocycles. The Balaban J connectivity index is 2.44. The Bertz CT molecular complexity index is 527. The summed E-state index contributed by atoms with van der Waals surface area (Å²) in [4.78, 5) is 4.19. The molecule has 1 unspecified atom stereocenters. The molecule has 2 nitrogen and oxygen atoms in total. The summed E-state index contributed by atoms with van der Waals surface area (Å²) in [5, 5.41) is 0. The van der Waals surface area contributed by atoms with Crippen molar-refractivity contribution >= 4 is 0 Å². The van der Waals surface area contributed by atoms with Crippen LogP contribution in [0.4, 0.5) is 0 Å².